The van der Waals surface area contributed by atoms with Crippen LogP contribution in [-0.2, 0) is 0 Å². The Morgan fingerprint density at radius 1 is 1.35 bits per heavy atom. The highest BCUT2D eigenvalue weighted by Gasteiger charge is 2.16. The van der Waals surface area contributed by atoms with Gasteiger partial charge in [-0.15, -0.1) is 0 Å². The summed E-state index contributed by atoms with van der Waals surface area (Å²) in [6, 6.07) is 2.39. The van der Waals surface area contributed by atoms with Crippen LogP contribution in [0.3, 0.4) is 0 Å². The minimum absolute atomic E-state index is 0.331. The van der Waals surface area contributed by atoms with Gasteiger partial charge in [-0.3, -0.25) is 4.98 Å². The quantitative estimate of drug-likeness (QED) is 0.792. The summed E-state index contributed by atoms with van der Waals surface area (Å²) in [5, 5.41) is 3.57. The average molecular weight is 364 g/mol. The molecule has 1 atom stereocenters. The summed E-state index contributed by atoms with van der Waals surface area (Å²) in [5.74, 6) is 0.654. The van der Waals surface area contributed by atoms with Gasteiger partial charge in [0, 0.05) is 15.1 Å². The van der Waals surface area contributed by atoms with Crippen LogP contribution < -0.4 is 5.32 Å². The van der Waals surface area contributed by atoms with E-state index in [-0.39, 0.29) is 0 Å². The Morgan fingerprint density at radius 2 is 2.06 bits per heavy atom. The van der Waals surface area contributed by atoms with E-state index in [9.17, 15) is 0 Å². The molecular formula is C13H20Br2N2. The molecule has 0 aliphatic carbocycles. The molecule has 0 saturated heterocycles. The molecule has 0 spiro atoms. The van der Waals surface area contributed by atoms with Crippen molar-refractivity contribution in [2.24, 2.45) is 5.92 Å². The van der Waals surface area contributed by atoms with E-state index in [1.807, 2.05) is 6.20 Å². The first-order chi connectivity index (χ1) is 8.04. The standard InChI is InChI=1S/C13H20Br2N2/c1-4-5-16-12(6-9(2)3)13-11(15)7-10(14)8-17-13/h7-9,12,16H,4-6H2,1-3H3. The molecule has 1 heterocycles. The van der Waals surface area contributed by atoms with Gasteiger partial charge in [0.15, 0.2) is 0 Å². The maximum atomic E-state index is 4.53. The number of nitrogens with one attached hydrogen (secondary N) is 1. The number of nitrogens with zero attached hydrogens (tertiary/aromatic N) is 1. The zero-order chi connectivity index (χ0) is 12.8. The highest BCUT2D eigenvalue weighted by molar-refractivity contribution is 9.11. The normalized spacial score (nSPS) is 13.1. The topological polar surface area (TPSA) is 24.9 Å². The molecule has 1 unspecified atom stereocenters. The van der Waals surface area contributed by atoms with E-state index in [0.29, 0.717) is 12.0 Å². The van der Waals surface area contributed by atoms with Crippen LogP contribution >= 0.6 is 31.9 Å². The van der Waals surface area contributed by atoms with E-state index in [1.165, 1.54) is 0 Å². The summed E-state index contributed by atoms with van der Waals surface area (Å²) >= 11 is 7.03. The Labute approximate surface area is 121 Å². The fourth-order valence-corrected chi connectivity index (χ4v) is 3.03. The summed E-state index contributed by atoms with van der Waals surface area (Å²) < 4.78 is 2.08. The Hall–Kier alpha value is 0.0700. The Morgan fingerprint density at radius 3 is 2.59 bits per heavy atom. The lowest BCUT2D eigenvalue weighted by molar-refractivity contribution is 0.421. The van der Waals surface area contributed by atoms with Crippen molar-refractivity contribution in [2.45, 2.75) is 39.7 Å². The number of hydrogen-bond acceptors (Lipinski definition) is 2. The monoisotopic (exact) mass is 362 g/mol. The average Bonchev–Trinajstić information content (AvgIpc) is 2.24. The molecule has 4 heteroatoms. The van der Waals surface area contributed by atoms with Crippen molar-refractivity contribution in [1.29, 1.82) is 0 Å². The molecule has 0 fully saturated rings. The lowest BCUT2D eigenvalue weighted by atomic mass is 10.0. The smallest absolute Gasteiger partial charge is 0.0715 e. The van der Waals surface area contributed by atoms with Gasteiger partial charge in [0.25, 0.3) is 0 Å². The molecule has 1 rings (SSSR count). The summed E-state index contributed by atoms with van der Waals surface area (Å²) in [7, 11) is 0. The van der Waals surface area contributed by atoms with Crippen LogP contribution in [0.2, 0.25) is 0 Å². The molecule has 0 aliphatic heterocycles. The van der Waals surface area contributed by atoms with Crippen molar-refractivity contribution in [3.05, 3.63) is 26.9 Å². The predicted molar refractivity (Wildman–Crippen MR) is 80.1 cm³/mol. The number of pyridine rings is 1. The highest BCUT2D eigenvalue weighted by Crippen LogP contribution is 2.28. The van der Waals surface area contributed by atoms with Crippen LogP contribution in [0.1, 0.15) is 45.3 Å². The van der Waals surface area contributed by atoms with Gasteiger partial charge in [0.05, 0.1) is 11.7 Å². The Bertz CT molecular complexity index is 353. The molecule has 0 aliphatic rings. The molecular weight excluding hydrogens is 344 g/mol. The van der Waals surface area contributed by atoms with Crippen molar-refractivity contribution in [2.75, 3.05) is 6.54 Å². The summed E-state index contributed by atoms with van der Waals surface area (Å²) in [4.78, 5) is 4.53. The van der Waals surface area contributed by atoms with Crippen LogP contribution in [-0.4, -0.2) is 11.5 Å². The molecule has 96 valence electrons. The van der Waals surface area contributed by atoms with Gasteiger partial charge < -0.3 is 5.32 Å². The number of hydrogen-bond donors (Lipinski definition) is 1. The number of aromatic nitrogens is 1. The molecule has 0 radical (unpaired) electrons. The molecule has 0 bridgehead atoms. The number of halogens is 2. The molecule has 0 aromatic carbocycles. The molecule has 1 N–H and O–H groups in total. The first-order valence-corrected chi connectivity index (χ1v) is 7.67. The van der Waals surface area contributed by atoms with Crippen LogP contribution in [0.5, 0.6) is 0 Å². The zero-order valence-electron chi connectivity index (χ0n) is 10.6. The fourth-order valence-electron chi connectivity index (χ4n) is 1.76. The van der Waals surface area contributed by atoms with Crippen LogP contribution in [0.25, 0.3) is 0 Å². The molecule has 0 amide bonds. The molecule has 1 aromatic heterocycles. The molecule has 2 nitrogen and oxygen atoms in total. The molecule has 0 saturated carbocycles. The number of rotatable bonds is 6. The van der Waals surface area contributed by atoms with Gasteiger partial charge in [0.1, 0.15) is 0 Å². The third-order valence-electron chi connectivity index (χ3n) is 2.51. The first kappa shape index (κ1) is 15.1. The van der Waals surface area contributed by atoms with Gasteiger partial charge >= 0.3 is 0 Å². The maximum Gasteiger partial charge on any atom is 0.0715 e. The zero-order valence-corrected chi connectivity index (χ0v) is 13.8. The van der Waals surface area contributed by atoms with Gasteiger partial charge in [-0.2, -0.15) is 0 Å². The van der Waals surface area contributed by atoms with Crippen LogP contribution in [0.4, 0.5) is 0 Å². The SMILES string of the molecule is CCCNC(CC(C)C)c1ncc(Br)cc1Br. The highest BCUT2D eigenvalue weighted by atomic mass is 79.9. The van der Waals surface area contributed by atoms with Gasteiger partial charge in [-0.1, -0.05) is 20.8 Å². The van der Waals surface area contributed by atoms with Crippen molar-refractivity contribution < 1.29 is 0 Å². The summed E-state index contributed by atoms with van der Waals surface area (Å²) in [5.41, 5.74) is 1.11. The van der Waals surface area contributed by atoms with E-state index in [4.69, 9.17) is 0 Å². The minimum Gasteiger partial charge on any atom is -0.309 e. The third kappa shape index (κ3) is 5.06. The van der Waals surface area contributed by atoms with Crippen LogP contribution in [0.15, 0.2) is 21.2 Å². The largest absolute Gasteiger partial charge is 0.309 e. The second kappa shape index (κ2) is 7.49. The van der Waals surface area contributed by atoms with E-state index in [2.05, 4.69) is 69.0 Å². The van der Waals surface area contributed by atoms with Crippen molar-refractivity contribution in [3.8, 4) is 0 Å². The van der Waals surface area contributed by atoms with E-state index in [0.717, 1.165) is 34.0 Å². The second-order valence-electron chi connectivity index (χ2n) is 4.66. The van der Waals surface area contributed by atoms with E-state index >= 15 is 0 Å². The van der Waals surface area contributed by atoms with Crippen molar-refractivity contribution in [1.82, 2.24) is 10.3 Å². The van der Waals surface area contributed by atoms with E-state index < -0.39 is 0 Å². The fraction of sp³-hybridized carbons (Fsp3) is 0.615. The lowest BCUT2D eigenvalue weighted by Crippen LogP contribution is -2.24. The molecule has 1 aromatic rings. The molecule has 17 heavy (non-hydrogen) atoms. The van der Waals surface area contributed by atoms with Gasteiger partial charge in [0.2, 0.25) is 0 Å². The third-order valence-corrected chi connectivity index (χ3v) is 3.58. The lowest BCUT2D eigenvalue weighted by Gasteiger charge is -2.21. The maximum absolute atomic E-state index is 4.53. The second-order valence-corrected chi connectivity index (χ2v) is 6.43. The summed E-state index contributed by atoms with van der Waals surface area (Å²) in [6.07, 6.45) is 4.11. The van der Waals surface area contributed by atoms with Crippen molar-refractivity contribution >= 4 is 31.9 Å². The summed E-state index contributed by atoms with van der Waals surface area (Å²) in [6.45, 7) is 7.70. The van der Waals surface area contributed by atoms with Gasteiger partial charge in [-0.05, 0) is 63.2 Å². The van der Waals surface area contributed by atoms with Crippen LogP contribution in [0, 0.1) is 5.92 Å². The van der Waals surface area contributed by atoms with E-state index in [1.54, 1.807) is 0 Å². The minimum atomic E-state index is 0.331. The Balaban J connectivity index is 2.86. The first-order valence-electron chi connectivity index (χ1n) is 6.09. The van der Waals surface area contributed by atoms with Crippen molar-refractivity contribution in [3.63, 3.8) is 0 Å². The van der Waals surface area contributed by atoms with Gasteiger partial charge in [-0.25, -0.2) is 0 Å². The Kier molecular flexibility index (Phi) is 6.67. The predicted octanol–water partition coefficient (Wildman–Crippen LogP) is 4.69.